The minimum Gasteiger partial charge on any atom is -0.349 e. The van der Waals surface area contributed by atoms with Crippen molar-refractivity contribution in [2.45, 2.75) is 20.0 Å². The van der Waals surface area contributed by atoms with Crippen LogP contribution in [-0.4, -0.2) is 34.0 Å². The van der Waals surface area contributed by atoms with Gasteiger partial charge in [0, 0.05) is 53.1 Å². The van der Waals surface area contributed by atoms with Crippen LogP contribution in [0, 0.1) is 18.6 Å². The van der Waals surface area contributed by atoms with Gasteiger partial charge in [0.25, 0.3) is 11.8 Å². The molecule has 2 aliphatic heterocycles. The first-order valence-electron chi connectivity index (χ1n) is 14.3. The SMILES string of the molecule is Cc1ccc(-c2cc(F)cc3cc4n(c23)CCNC4=O)cc1.O=C1NCCn2c1cc1cc(F)cc(-c3ccc(Cl)cc3)c12. The summed E-state index contributed by atoms with van der Waals surface area (Å²) in [5.41, 5.74) is 7.57. The number of fused-ring (bicyclic) bond motifs is 6. The van der Waals surface area contributed by atoms with Crippen LogP contribution in [0.15, 0.2) is 84.9 Å². The molecule has 220 valence electrons. The molecule has 4 aromatic carbocycles. The molecule has 0 spiro atoms. The van der Waals surface area contributed by atoms with Crippen molar-refractivity contribution in [1.29, 1.82) is 0 Å². The lowest BCUT2D eigenvalue weighted by molar-refractivity contribution is 0.0921. The van der Waals surface area contributed by atoms with Crippen LogP contribution in [0.25, 0.3) is 44.1 Å². The first-order chi connectivity index (χ1) is 21.3. The number of aryl methyl sites for hydroxylation is 1. The van der Waals surface area contributed by atoms with Gasteiger partial charge >= 0.3 is 0 Å². The molecule has 2 N–H and O–H groups in total. The van der Waals surface area contributed by atoms with Gasteiger partial charge in [0.15, 0.2) is 0 Å². The fourth-order valence-electron chi connectivity index (χ4n) is 6.14. The van der Waals surface area contributed by atoms with Crippen molar-refractivity contribution in [3.63, 3.8) is 0 Å². The Morgan fingerprint density at radius 3 is 1.52 bits per heavy atom. The number of amides is 2. The van der Waals surface area contributed by atoms with E-state index < -0.39 is 0 Å². The highest BCUT2D eigenvalue weighted by atomic mass is 35.5. The minimum absolute atomic E-state index is 0.0993. The molecule has 0 saturated heterocycles. The summed E-state index contributed by atoms with van der Waals surface area (Å²) in [6, 6.07) is 24.8. The highest BCUT2D eigenvalue weighted by Crippen LogP contribution is 2.35. The molecule has 44 heavy (non-hydrogen) atoms. The second kappa shape index (κ2) is 11.0. The third kappa shape index (κ3) is 4.91. The number of nitrogens with zero attached hydrogens (tertiary/aromatic N) is 2. The van der Waals surface area contributed by atoms with E-state index in [0.717, 1.165) is 49.6 Å². The quantitative estimate of drug-likeness (QED) is 0.216. The van der Waals surface area contributed by atoms with Crippen molar-refractivity contribution in [1.82, 2.24) is 19.8 Å². The van der Waals surface area contributed by atoms with Gasteiger partial charge in [-0.05, 0) is 66.6 Å². The summed E-state index contributed by atoms with van der Waals surface area (Å²) in [7, 11) is 0. The molecule has 0 unspecified atom stereocenters. The number of benzene rings is 4. The lowest BCUT2D eigenvalue weighted by Gasteiger charge is -2.18. The molecule has 0 aliphatic carbocycles. The van der Waals surface area contributed by atoms with Gasteiger partial charge in [-0.3, -0.25) is 9.59 Å². The first-order valence-corrected chi connectivity index (χ1v) is 14.7. The molecule has 2 aliphatic rings. The number of aromatic nitrogens is 2. The fourth-order valence-corrected chi connectivity index (χ4v) is 6.27. The largest absolute Gasteiger partial charge is 0.349 e. The Kier molecular flexibility index (Phi) is 6.94. The topological polar surface area (TPSA) is 68.1 Å². The second-order valence-corrected chi connectivity index (χ2v) is 11.5. The Labute approximate surface area is 256 Å². The number of halogens is 3. The molecule has 2 amide bonds. The number of hydrogen-bond acceptors (Lipinski definition) is 2. The summed E-state index contributed by atoms with van der Waals surface area (Å²) in [5.74, 6) is -0.824. The predicted octanol–water partition coefficient (Wildman–Crippen LogP) is 7.34. The summed E-state index contributed by atoms with van der Waals surface area (Å²) >= 11 is 5.93. The summed E-state index contributed by atoms with van der Waals surface area (Å²) in [6.07, 6.45) is 0. The van der Waals surface area contributed by atoms with Crippen LogP contribution in [-0.2, 0) is 13.1 Å². The Morgan fingerprint density at radius 2 is 1.07 bits per heavy atom. The van der Waals surface area contributed by atoms with E-state index in [2.05, 4.69) is 10.6 Å². The van der Waals surface area contributed by atoms with Crippen LogP contribution >= 0.6 is 11.6 Å². The van der Waals surface area contributed by atoms with Crippen LogP contribution in [0.1, 0.15) is 26.5 Å². The van der Waals surface area contributed by atoms with E-state index in [1.54, 1.807) is 30.3 Å². The van der Waals surface area contributed by atoms with Crippen molar-refractivity contribution in [2.75, 3.05) is 13.1 Å². The van der Waals surface area contributed by atoms with Gasteiger partial charge in [0.2, 0.25) is 0 Å². The number of carbonyl (C=O) groups excluding carboxylic acids is 2. The van der Waals surface area contributed by atoms with Crippen LogP contribution in [0.4, 0.5) is 8.78 Å². The van der Waals surface area contributed by atoms with Crippen LogP contribution < -0.4 is 10.6 Å². The monoisotopic (exact) mass is 608 g/mol. The van der Waals surface area contributed by atoms with E-state index in [0.29, 0.717) is 42.6 Å². The summed E-state index contributed by atoms with van der Waals surface area (Å²) in [5, 5.41) is 7.77. The zero-order valence-corrected chi connectivity index (χ0v) is 24.5. The molecule has 0 saturated carbocycles. The Balaban J connectivity index is 0.000000142. The number of hydrogen-bond donors (Lipinski definition) is 2. The van der Waals surface area contributed by atoms with Gasteiger partial charge < -0.3 is 19.8 Å². The highest BCUT2D eigenvalue weighted by molar-refractivity contribution is 6.30. The van der Waals surface area contributed by atoms with Gasteiger partial charge in [-0.15, -0.1) is 0 Å². The van der Waals surface area contributed by atoms with Crippen LogP contribution in [0.5, 0.6) is 0 Å². The predicted molar refractivity (Wildman–Crippen MR) is 169 cm³/mol. The Bertz CT molecular complexity index is 1950. The Hall–Kier alpha value is -4.95. The van der Waals surface area contributed by atoms with Gasteiger partial charge in [-0.25, -0.2) is 8.78 Å². The molecule has 2 aromatic heterocycles. The standard InChI is InChI=1S/C18H15FN2O.C17H12ClFN2O/c1-11-2-4-12(5-3-11)15-10-14(19)8-13-9-16-18(22)20-6-7-21(16)17(13)15;18-12-3-1-10(2-4-12)14-9-13(19)7-11-8-15-17(22)20-5-6-21(15)16(11)14/h2-5,8-10H,6-7H2,1H3,(H,20,22);1-4,7-9H,5-6H2,(H,20,22). The maximum Gasteiger partial charge on any atom is 0.268 e. The summed E-state index contributed by atoms with van der Waals surface area (Å²) < 4.78 is 31.9. The van der Waals surface area contributed by atoms with E-state index in [1.807, 2.05) is 52.5 Å². The normalized spacial score (nSPS) is 14.0. The average molecular weight is 609 g/mol. The highest BCUT2D eigenvalue weighted by Gasteiger charge is 2.23. The zero-order valence-electron chi connectivity index (χ0n) is 23.8. The molecular weight excluding hydrogens is 582 g/mol. The molecule has 4 heterocycles. The van der Waals surface area contributed by atoms with Crippen molar-refractivity contribution >= 4 is 45.2 Å². The second-order valence-electron chi connectivity index (χ2n) is 11.0. The molecular formula is C35H27ClF2N4O2. The molecule has 0 radical (unpaired) electrons. The maximum absolute atomic E-state index is 14.0. The molecule has 0 atom stereocenters. The van der Waals surface area contributed by atoms with Gasteiger partial charge in [0.1, 0.15) is 23.0 Å². The van der Waals surface area contributed by atoms with Crippen molar-refractivity contribution < 1.29 is 18.4 Å². The molecule has 0 bridgehead atoms. The minimum atomic E-state index is -0.319. The van der Waals surface area contributed by atoms with Gasteiger partial charge in [-0.2, -0.15) is 0 Å². The molecule has 8 rings (SSSR count). The molecule has 0 fully saturated rings. The number of carbonyl (C=O) groups is 2. The maximum atomic E-state index is 14.0. The van der Waals surface area contributed by atoms with Crippen LogP contribution in [0.3, 0.4) is 0 Å². The smallest absolute Gasteiger partial charge is 0.268 e. The number of nitrogens with one attached hydrogen (secondary N) is 2. The third-order valence-corrected chi connectivity index (χ3v) is 8.39. The van der Waals surface area contributed by atoms with Gasteiger partial charge in [-0.1, -0.05) is 53.6 Å². The molecule has 6 aromatic rings. The van der Waals surface area contributed by atoms with E-state index >= 15 is 0 Å². The lowest BCUT2D eigenvalue weighted by Crippen LogP contribution is -2.34. The Morgan fingerprint density at radius 1 is 0.636 bits per heavy atom. The van der Waals surface area contributed by atoms with Crippen molar-refractivity contribution in [2.24, 2.45) is 0 Å². The fraction of sp³-hybridized carbons (Fsp3) is 0.143. The number of rotatable bonds is 2. The van der Waals surface area contributed by atoms with Crippen molar-refractivity contribution in [3.8, 4) is 22.3 Å². The van der Waals surface area contributed by atoms with E-state index in [9.17, 15) is 18.4 Å². The van der Waals surface area contributed by atoms with E-state index in [1.165, 1.54) is 18.2 Å². The first kappa shape index (κ1) is 27.9. The third-order valence-electron chi connectivity index (χ3n) is 8.14. The van der Waals surface area contributed by atoms with Gasteiger partial charge in [0.05, 0.1) is 11.0 Å². The lowest BCUT2D eigenvalue weighted by atomic mass is 10.0. The summed E-state index contributed by atoms with van der Waals surface area (Å²) in [4.78, 5) is 24.0. The molecule has 6 nitrogen and oxygen atoms in total. The zero-order chi connectivity index (χ0) is 30.5. The average Bonchev–Trinajstić information content (AvgIpc) is 3.57. The molecule has 9 heteroatoms. The van der Waals surface area contributed by atoms with Crippen LogP contribution in [0.2, 0.25) is 5.02 Å². The van der Waals surface area contributed by atoms with Crippen molar-refractivity contribution in [3.05, 3.63) is 119 Å². The summed E-state index contributed by atoms with van der Waals surface area (Å²) in [6.45, 7) is 4.58. The van der Waals surface area contributed by atoms with E-state index in [-0.39, 0.29) is 23.4 Å². The van der Waals surface area contributed by atoms with E-state index in [4.69, 9.17) is 11.6 Å².